The molecular weight excluding hydrogens is 198 g/mol. The molecule has 2 nitrogen and oxygen atoms in total. The lowest BCUT2D eigenvalue weighted by Gasteiger charge is -2.16. The molecule has 0 amide bonds. The van der Waals surface area contributed by atoms with Crippen molar-refractivity contribution in [3.8, 4) is 6.07 Å². The zero-order valence-corrected chi connectivity index (χ0v) is 9.70. The van der Waals surface area contributed by atoms with Gasteiger partial charge in [0.25, 0.3) is 0 Å². The summed E-state index contributed by atoms with van der Waals surface area (Å²) >= 11 is 0. The SMILES string of the molecule is CCCCCC1=CC2=CC=C(C#N)CC2O1. The van der Waals surface area contributed by atoms with Gasteiger partial charge in [-0.1, -0.05) is 25.8 Å². The van der Waals surface area contributed by atoms with Crippen LogP contribution in [0.1, 0.15) is 39.0 Å². The van der Waals surface area contributed by atoms with Gasteiger partial charge in [0.05, 0.1) is 11.8 Å². The van der Waals surface area contributed by atoms with E-state index in [-0.39, 0.29) is 6.10 Å². The number of ether oxygens (including phenoxy) is 1. The Balaban J connectivity index is 1.94. The van der Waals surface area contributed by atoms with E-state index < -0.39 is 0 Å². The van der Waals surface area contributed by atoms with Crippen LogP contribution in [-0.4, -0.2) is 6.10 Å². The van der Waals surface area contributed by atoms with Gasteiger partial charge in [0, 0.05) is 18.4 Å². The highest BCUT2D eigenvalue weighted by Gasteiger charge is 2.25. The van der Waals surface area contributed by atoms with E-state index in [2.05, 4.69) is 19.1 Å². The normalized spacial score (nSPS) is 22.5. The minimum atomic E-state index is 0.108. The number of nitriles is 1. The van der Waals surface area contributed by atoms with E-state index in [1.54, 1.807) is 0 Å². The molecule has 16 heavy (non-hydrogen) atoms. The summed E-state index contributed by atoms with van der Waals surface area (Å²) in [4.78, 5) is 0. The molecule has 1 aliphatic carbocycles. The molecule has 0 fully saturated rings. The Bertz CT molecular complexity index is 395. The first-order valence-electron chi connectivity index (χ1n) is 6.01. The van der Waals surface area contributed by atoms with Crippen LogP contribution in [-0.2, 0) is 4.74 Å². The molecule has 84 valence electrons. The summed E-state index contributed by atoms with van der Waals surface area (Å²) in [6, 6.07) is 2.20. The van der Waals surface area contributed by atoms with Crippen molar-refractivity contribution in [1.82, 2.24) is 0 Å². The van der Waals surface area contributed by atoms with Gasteiger partial charge in [-0.15, -0.1) is 0 Å². The highest BCUT2D eigenvalue weighted by molar-refractivity contribution is 5.42. The van der Waals surface area contributed by atoms with Crippen molar-refractivity contribution in [1.29, 1.82) is 5.26 Å². The van der Waals surface area contributed by atoms with Gasteiger partial charge in [0.15, 0.2) is 0 Å². The number of nitrogens with zero attached hydrogens (tertiary/aromatic N) is 1. The van der Waals surface area contributed by atoms with Crippen molar-refractivity contribution >= 4 is 0 Å². The molecule has 0 bridgehead atoms. The van der Waals surface area contributed by atoms with Crippen molar-refractivity contribution in [2.24, 2.45) is 0 Å². The Morgan fingerprint density at radius 2 is 2.31 bits per heavy atom. The zero-order chi connectivity index (χ0) is 11.4. The summed E-state index contributed by atoms with van der Waals surface area (Å²) < 4.78 is 5.84. The molecule has 0 aromatic rings. The highest BCUT2D eigenvalue weighted by atomic mass is 16.5. The van der Waals surface area contributed by atoms with Crippen molar-refractivity contribution in [2.75, 3.05) is 0 Å². The summed E-state index contributed by atoms with van der Waals surface area (Å²) in [6.45, 7) is 2.20. The lowest BCUT2D eigenvalue weighted by Crippen LogP contribution is -2.12. The Kier molecular flexibility index (Phi) is 3.46. The second-order valence-electron chi connectivity index (χ2n) is 4.35. The third kappa shape index (κ3) is 2.36. The third-order valence-electron chi connectivity index (χ3n) is 3.05. The maximum atomic E-state index is 8.83. The van der Waals surface area contributed by atoms with Crippen LogP contribution in [0.25, 0.3) is 0 Å². The second kappa shape index (κ2) is 5.03. The van der Waals surface area contributed by atoms with Gasteiger partial charge < -0.3 is 4.74 Å². The van der Waals surface area contributed by atoms with Crippen LogP contribution < -0.4 is 0 Å². The smallest absolute Gasteiger partial charge is 0.128 e. The molecule has 0 spiro atoms. The molecule has 2 heteroatoms. The standard InChI is InChI=1S/C14H17NO/c1-2-3-4-5-13-9-12-7-6-11(10-15)8-14(12)16-13/h6-7,9,14H,2-5,8H2,1H3. The van der Waals surface area contributed by atoms with Gasteiger partial charge in [-0.2, -0.15) is 5.26 Å². The molecule has 1 aliphatic heterocycles. The molecule has 1 atom stereocenters. The molecule has 0 saturated heterocycles. The van der Waals surface area contributed by atoms with E-state index in [9.17, 15) is 0 Å². The van der Waals surface area contributed by atoms with Crippen molar-refractivity contribution < 1.29 is 4.74 Å². The number of allylic oxidation sites excluding steroid dienone is 3. The Morgan fingerprint density at radius 1 is 1.44 bits per heavy atom. The van der Waals surface area contributed by atoms with Crippen molar-refractivity contribution in [2.45, 2.75) is 45.1 Å². The van der Waals surface area contributed by atoms with E-state index in [0.717, 1.165) is 24.2 Å². The van der Waals surface area contributed by atoms with E-state index >= 15 is 0 Å². The fourth-order valence-electron chi connectivity index (χ4n) is 2.11. The maximum Gasteiger partial charge on any atom is 0.128 e. The van der Waals surface area contributed by atoms with Crippen LogP contribution in [0, 0.1) is 11.3 Å². The summed E-state index contributed by atoms with van der Waals surface area (Å²) in [6.07, 6.45) is 11.6. The molecule has 1 heterocycles. The molecule has 2 rings (SSSR count). The Labute approximate surface area is 96.9 Å². The molecular formula is C14H17NO. The first kappa shape index (κ1) is 11.0. The quantitative estimate of drug-likeness (QED) is 0.671. The second-order valence-corrected chi connectivity index (χ2v) is 4.35. The van der Waals surface area contributed by atoms with Crippen molar-refractivity contribution in [3.63, 3.8) is 0 Å². The minimum absolute atomic E-state index is 0.108. The molecule has 2 aliphatic rings. The predicted octanol–water partition coefficient (Wildman–Crippen LogP) is 3.63. The van der Waals surface area contributed by atoms with E-state index in [1.807, 2.05) is 12.2 Å². The summed E-state index contributed by atoms with van der Waals surface area (Å²) in [5.74, 6) is 1.09. The fraction of sp³-hybridized carbons (Fsp3) is 0.500. The molecule has 0 N–H and O–H groups in total. The van der Waals surface area contributed by atoms with Crippen LogP contribution in [0.4, 0.5) is 0 Å². The van der Waals surface area contributed by atoms with E-state index in [4.69, 9.17) is 10.00 Å². The molecule has 0 aromatic carbocycles. The Hall–Kier alpha value is -1.49. The molecule has 0 saturated carbocycles. The van der Waals surface area contributed by atoms with Crippen LogP contribution in [0.2, 0.25) is 0 Å². The fourth-order valence-corrected chi connectivity index (χ4v) is 2.11. The van der Waals surface area contributed by atoms with Crippen molar-refractivity contribution in [3.05, 3.63) is 35.1 Å². The van der Waals surface area contributed by atoms with E-state index in [0.29, 0.717) is 0 Å². The van der Waals surface area contributed by atoms with Gasteiger partial charge in [0.1, 0.15) is 6.10 Å². The number of hydrogen-bond acceptors (Lipinski definition) is 2. The zero-order valence-electron chi connectivity index (χ0n) is 9.70. The number of unbranched alkanes of at least 4 members (excludes halogenated alkanes) is 2. The number of fused-ring (bicyclic) bond motifs is 1. The topological polar surface area (TPSA) is 33.0 Å². The molecule has 0 aromatic heterocycles. The number of rotatable bonds is 4. The molecule has 1 unspecified atom stereocenters. The summed E-state index contributed by atoms with van der Waals surface area (Å²) in [5, 5.41) is 8.83. The van der Waals surface area contributed by atoms with E-state index in [1.165, 1.54) is 24.8 Å². The summed E-state index contributed by atoms with van der Waals surface area (Å²) in [7, 11) is 0. The van der Waals surface area contributed by atoms with Gasteiger partial charge in [-0.3, -0.25) is 0 Å². The Morgan fingerprint density at radius 3 is 3.06 bits per heavy atom. The van der Waals surface area contributed by atoms with Crippen LogP contribution in [0.3, 0.4) is 0 Å². The third-order valence-corrected chi connectivity index (χ3v) is 3.05. The van der Waals surface area contributed by atoms with Crippen LogP contribution in [0.15, 0.2) is 35.1 Å². The lowest BCUT2D eigenvalue weighted by atomic mass is 9.97. The average Bonchev–Trinajstić information content (AvgIpc) is 2.70. The highest BCUT2D eigenvalue weighted by Crippen LogP contribution is 2.32. The monoisotopic (exact) mass is 215 g/mol. The first-order chi connectivity index (χ1) is 7.83. The van der Waals surface area contributed by atoms with Crippen LogP contribution >= 0.6 is 0 Å². The first-order valence-corrected chi connectivity index (χ1v) is 6.01. The number of hydrogen-bond donors (Lipinski definition) is 0. The van der Waals surface area contributed by atoms with Gasteiger partial charge in [-0.25, -0.2) is 0 Å². The summed E-state index contributed by atoms with van der Waals surface area (Å²) in [5.41, 5.74) is 2.04. The average molecular weight is 215 g/mol. The maximum absolute atomic E-state index is 8.83. The largest absolute Gasteiger partial charge is 0.490 e. The minimum Gasteiger partial charge on any atom is -0.490 e. The predicted molar refractivity (Wildman–Crippen MR) is 63.5 cm³/mol. The molecule has 0 radical (unpaired) electrons. The van der Waals surface area contributed by atoms with Gasteiger partial charge in [-0.05, 0) is 24.1 Å². The van der Waals surface area contributed by atoms with Gasteiger partial charge in [0.2, 0.25) is 0 Å². The lowest BCUT2D eigenvalue weighted by molar-refractivity contribution is 0.157. The van der Waals surface area contributed by atoms with Gasteiger partial charge >= 0.3 is 0 Å². The van der Waals surface area contributed by atoms with Crippen LogP contribution in [0.5, 0.6) is 0 Å².